The van der Waals surface area contributed by atoms with Crippen molar-refractivity contribution in [1.82, 2.24) is 15.1 Å². The van der Waals surface area contributed by atoms with Gasteiger partial charge in [0, 0.05) is 25.3 Å². The minimum Gasteiger partial charge on any atom is -0.379 e. The lowest BCUT2D eigenvalue weighted by atomic mass is 9.94. The van der Waals surface area contributed by atoms with E-state index in [0.29, 0.717) is 6.04 Å². The van der Waals surface area contributed by atoms with Crippen LogP contribution in [0.3, 0.4) is 0 Å². The highest BCUT2D eigenvalue weighted by atomic mass is 15.2. The first kappa shape index (κ1) is 8.29. The predicted octanol–water partition coefficient (Wildman–Crippen LogP) is 0.916. The van der Waals surface area contributed by atoms with E-state index in [2.05, 4.69) is 20.4 Å². The van der Waals surface area contributed by atoms with E-state index in [0.717, 1.165) is 11.6 Å². The zero-order chi connectivity index (χ0) is 9.38. The topological polar surface area (TPSA) is 44.0 Å². The van der Waals surface area contributed by atoms with Gasteiger partial charge in [-0.25, -0.2) is 0 Å². The SMILES string of the molecule is c1n[nH]cc1NC1CCN2CCC1C2. The Hall–Kier alpha value is -1.03. The van der Waals surface area contributed by atoms with E-state index in [-0.39, 0.29) is 0 Å². The summed E-state index contributed by atoms with van der Waals surface area (Å²) < 4.78 is 0. The Morgan fingerprint density at radius 3 is 3.21 bits per heavy atom. The van der Waals surface area contributed by atoms with Gasteiger partial charge in [-0.1, -0.05) is 0 Å². The van der Waals surface area contributed by atoms with Crippen LogP contribution in [-0.2, 0) is 0 Å². The van der Waals surface area contributed by atoms with Gasteiger partial charge in [0.1, 0.15) is 0 Å². The van der Waals surface area contributed by atoms with Crippen LogP contribution in [0.15, 0.2) is 12.4 Å². The van der Waals surface area contributed by atoms with Gasteiger partial charge in [0.2, 0.25) is 0 Å². The molecule has 2 aliphatic heterocycles. The smallest absolute Gasteiger partial charge is 0.0726 e. The standard InChI is InChI=1S/C10H16N4/c1-3-14-4-2-10(8(1)7-14)13-9-5-11-12-6-9/h5-6,8,10,13H,1-4,7H2,(H,11,12). The molecule has 1 aromatic rings. The molecular weight excluding hydrogens is 176 g/mol. The van der Waals surface area contributed by atoms with Crippen LogP contribution < -0.4 is 5.32 Å². The van der Waals surface area contributed by atoms with E-state index in [1.165, 1.54) is 32.5 Å². The number of nitrogens with zero attached hydrogens (tertiary/aromatic N) is 2. The molecule has 3 unspecified atom stereocenters. The summed E-state index contributed by atoms with van der Waals surface area (Å²) in [5, 5.41) is 10.4. The molecule has 2 saturated heterocycles. The van der Waals surface area contributed by atoms with E-state index >= 15 is 0 Å². The van der Waals surface area contributed by atoms with E-state index < -0.39 is 0 Å². The van der Waals surface area contributed by atoms with E-state index in [1.807, 2.05) is 12.4 Å². The van der Waals surface area contributed by atoms with E-state index in [4.69, 9.17) is 0 Å². The first-order valence-corrected chi connectivity index (χ1v) is 5.39. The molecular formula is C10H16N4. The number of aromatic amines is 1. The van der Waals surface area contributed by atoms with Crippen LogP contribution in [0.2, 0.25) is 0 Å². The third kappa shape index (κ3) is 1.39. The normalized spacial score (nSPS) is 35.9. The predicted molar refractivity (Wildman–Crippen MR) is 55.2 cm³/mol. The number of aromatic nitrogens is 2. The third-order valence-electron chi connectivity index (χ3n) is 3.48. The van der Waals surface area contributed by atoms with Crippen molar-refractivity contribution in [2.75, 3.05) is 25.0 Å². The molecule has 76 valence electrons. The van der Waals surface area contributed by atoms with Crippen molar-refractivity contribution in [3.8, 4) is 0 Å². The van der Waals surface area contributed by atoms with Gasteiger partial charge in [-0.05, 0) is 25.3 Å². The number of rotatable bonds is 2. The molecule has 3 heterocycles. The molecule has 0 aromatic carbocycles. The summed E-state index contributed by atoms with van der Waals surface area (Å²) in [5.74, 6) is 0.846. The molecule has 3 atom stereocenters. The molecule has 0 radical (unpaired) electrons. The molecule has 3 rings (SSSR count). The van der Waals surface area contributed by atoms with Crippen LogP contribution in [0, 0.1) is 5.92 Å². The lowest BCUT2D eigenvalue weighted by Crippen LogP contribution is -2.39. The Balaban J connectivity index is 1.67. The van der Waals surface area contributed by atoms with Crippen molar-refractivity contribution in [2.45, 2.75) is 18.9 Å². The molecule has 0 aliphatic carbocycles. The van der Waals surface area contributed by atoms with Gasteiger partial charge in [0.15, 0.2) is 0 Å². The summed E-state index contributed by atoms with van der Waals surface area (Å²) in [5.41, 5.74) is 1.13. The number of hydrogen-bond donors (Lipinski definition) is 2. The van der Waals surface area contributed by atoms with Gasteiger partial charge < -0.3 is 10.2 Å². The van der Waals surface area contributed by atoms with Crippen molar-refractivity contribution >= 4 is 5.69 Å². The fourth-order valence-electron chi connectivity index (χ4n) is 2.69. The highest BCUT2D eigenvalue weighted by molar-refractivity contribution is 5.39. The zero-order valence-electron chi connectivity index (χ0n) is 8.24. The minimum absolute atomic E-state index is 0.659. The van der Waals surface area contributed by atoms with E-state index in [1.54, 1.807) is 0 Å². The maximum Gasteiger partial charge on any atom is 0.0726 e. The summed E-state index contributed by atoms with van der Waals surface area (Å²) in [7, 11) is 0. The monoisotopic (exact) mass is 192 g/mol. The molecule has 0 spiro atoms. The largest absolute Gasteiger partial charge is 0.379 e. The summed E-state index contributed by atoms with van der Waals surface area (Å²) >= 11 is 0. The molecule has 14 heavy (non-hydrogen) atoms. The van der Waals surface area contributed by atoms with Crippen LogP contribution >= 0.6 is 0 Å². The molecule has 4 heteroatoms. The quantitative estimate of drug-likeness (QED) is 0.732. The maximum atomic E-state index is 3.95. The molecule has 2 fully saturated rings. The maximum absolute atomic E-state index is 3.95. The second-order valence-corrected chi connectivity index (χ2v) is 4.38. The first-order valence-electron chi connectivity index (χ1n) is 5.39. The van der Waals surface area contributed by atoms with Crippen LogP contribution in [-0.4, -0.2) is 40.8 Å². The summed E-state index contributed by atoms with van der Waals surface area (Å²) in [6.45, 7) is 3.84. The van der Waals surface area contributed by atoms with Gasteiger partial charge in [-0.2, -0.15) is 5.10 Å². The Labute approximate surface area is 83.7 Å². The second-order valence-electron chi connectivity index (χ2n) is 4.38. The molecule has 0 saturated carbocycles. The lowest BCUT2D eigenvalue weighted by Gasteiger charge is -2.31. The highest BCUT2D eigenvalue weighted by Gasteiger charge is 2.33. The van der Waals surface area contributed by atoms with Gasteiger partial charge in [-0.15, -0.1) is 0 Å². The Kier molecular flexibility index (Phi) is 1.94. The molecule has 2 N–H and O–H groups in total. The number of nitrogens with one attached hydrogen (secondary N) is 2. The van der Waals surface area contributed by atoms with Crippen molar-refractivity contribution in [1.29, 1.82) is 0 Å². The van der Waals surface area contributed by atoms with Crippen molar-refractivity contribution < 1.29 is 0 Å². The van der Waals surface area contributed by atoms with Crippen LogP contribution in [0.4, 0.5) is 5.69 Å². The van der Waals surface area contributed by atoms with Gasteiger partial charge in [0.25, 0.3) is 0 Å². The highest BCUT2D eigenvalue weighted by Crippen LogP contribution is 2.28. The lowest BCUT2D eigenvalue weighted by molar-refractivity contribution is 0.255. The molecule has 1 aromatic heterocycles. The molecule has 2 bridgehead atoms. The summed E-state index contributed by atoms with van der Waals surface area (Å²) in [6, 6.07) is 0.659. The number of fused-ring (bicyclic) bond motifs is 2. The average Bonchev–Trinajstić information content (AvgIpc) is 2.80. The zero-order valence-corrected chi connectivity index (χ0v) is 8.24. The van der Waals surface area contributed by atoms with E-state index in [9.17, 15) is 0 Å². The molecule has 2 aliphatic rings. The number of piperidine rings is 1. The van der Waals surface area contributed by atoms with Crippen molar-refractivity contribution in [2.24, 2.45) is 5.92 Å². The third-order valence-corrected chi connectivity index (χ3v) is 3.48. The Bertz CT molecular complexity index is 295. The van der Waals surface area contributed by atoms with Crippen molar-refractivity contribution in [3.63, 3.8) is 0 Å². The molecule has 0 amide bonds. The first-order chi connectivity index (χ1) is 6.92. The minimum atomic E-state index is 0.659. The van der Waals surface area contributed by atoms with Crippen LogP contribution in [0.1, 0.15) is 12.8 Å². The molecule has 4 nitrogen and oxygen atoms in total. The number of H-pyrrole nitrogens is 1. The number of anilines is 1. The van der Waals surface area contributed by atoms with Gasteiger partial charge >= 0.3 is 0 Å². The van der Waals surface area contributed by atoms with Gasteiger partial charge in [-0.3, -0.25) is 5.10 Å². The summed E-state index contributed by atoms with van der Waals surface area (Å²) in [4.78, 5) is 2.57. The fraction of sp³-hybridized carbons (Fsp3) is 0.700. The average molecular weight is 192 g/mol. The number of hydrogen-bond acceptors (Lipinski definition) is 3. The van der Waals surface area contributed by atoms with Crippen molar-refractivity contribution in [3.05, 3.63) is 12.4 Å². The van der Waals surface area contributed by atoms with Crippen LogP contribution in [0.5, 0.6) is 0 Å². The van der Waals surface area contributed by atoms with Gasteiger partial charge in [0.05, 0.1) is 11.9 Å². The Morgan fingerprint density at radius 1 is 1.43 bits per heavy atom. The summed E-state index contributed by atoms with van der Waals surface area (Å²) in [6.07, 6.45) is 6.42. The fourth-order valence-corrected chi connectivity index (χ4v) is 2.69. The Morgan fingerprint density at radius 2 is 2.36 bits per heavy atom. The second kappa shape index (κ2) is 3.28. The van der Waals surface area contributed by atoms with Crippen LogP contribution in [0.25, 0.3) is 0 Å².